The molecule has 16 heavy (non-hydrogen) atoms. The molecule has 0 aromatic carbocycles. The number of fused-ring (bicyclic) bond motifs is 1. The van der Waals surface area contributed by atoms with E-state index in [1.807, 2.05) is 6.07 Å². The number of amidine groups is 1. The van der Waals surface area contributed by atoms with E-state index in [2.05, 4.69) is 13.0 Å². The maximum absolute atomic E-state index is 7.38. The second-order valence-corrected chi connectivity index (χ2v) is 4.23. The number of aryl methyl sites for hydroxylation is 1. The van der Waals surface area contributed by atoms with Crippen LogP contribution < -0.4 is 5.73 Å². The van der Waals surface area contributed by atoms with E-state index >= 15 is 0 Å². The number of nitrogens with one attached hydrogen (secondary N) is 1. The number of hydrogen-bond acceptors (Lipinski definition) is 2. The first kappa shape index (κ1) is 11.0. The van der Waals surface area contributed by atoms with E-state index in [4.69, 9.17) is 15.6 Å². The summed E-state index contributed by atoms with van der Waals surface area (Å²) in [6.45, 7) is 2.18. The van der Waals surface area contributed by atoms with Crippen LogP contribution in [0.2, 0.25) is 0 Å². The van der Waals surface area contributed by atoms with Crippen LogP contribution in [-0.2, 0) is 6.42 Å². The SMILES string of the molecule is CCC/C=C1\CCCc2oc(C(=N)N)cc21. The fourth-order valence-corrected chi connectivity index (χ4v) is 2.12. The van der Waals surface area contributed by atoms with Gasteiger partial charge in [0.2, 0.25) is 0 Å². The molecule has 0 saturated heterocycles. The van der Waals surface area contributed by atoms with Gasteiger partial charge in [0.1, 0.15) is 5.76 Å². The molecule has 1 aliphatic carbocycles. The van der Waals surface area contributed by atoms with Crippen molar-refractivity contribution in [3.05, 3.63) is 29.2 Å². The number of furan rings is 1. The molecule has 0 saturated carbocycles. The van der Waals surface area contributed by atoms with Crippen LogP contribution in [0, 0.1) is 5.41 Å². The van der Waals surface area contributed by atoms with Crippen LogP contribution in [0.5, 0.6) is 0 Å². The van der Waals surface area contributed by atoms with Gasteiger partial charge in [-0.15, -0.1) is 0 Å². The lowest BCUT2D eigenvalue weighted by atomic mass is 9.92. The van der Waals surface area contributed by atoms with Crippen LogP contribution in [0.15, 0.2) is 16.6 Å². The standard InChI is InChI=1S/C13H18N2O/c1-2-3-5-9-6-4-7-11-10(9)8-12(16-11)13(14)15/h5,8H,2-4,6-7H2,1H3,(H3,14,15)/b9-5+. The molecule has 1 heterocycles. The molecule has 1 aromatic heterocycles. The van der Waals surface area contributed by atoms with Crippen LogP contribution in [0.4, 0.5) is 0 Å². The zero-order valence-corrected chi connectivity index (χ0v) is 9.68. The average molecular weight is 218 g/mol. The molecule has 0 unspecified atom stereocenters. The summed E-state index contributed by atoms with van der Waals surface area (Å²) in [5.41, 5.74) is 7.97. The third-order valence-electron chi connectivity index (χ3n) is 2.95. The van der Waals surface area contributed by atoms with Crippen molar-refractivity contribution in [1.82, 2.24) is 0 Å². The fourth-order valence-electron chi connectivity index (χ4n) is 2.12. The monoisotopic (exact) mass is 218 g/mol. The van der Waals surface area contributed by atoms with E-state index in [1.54, 1.807) is 0 Å². The summed E-state index contributed by atoms with van der Waals surface area (Å²) in [7, 11) is 0. The third-order valence-corrected chi connectivity index (χ3v) is 2.95. The van der Waals surface area contributed by atoms with Gasteiger partial charge in [0.25, 0.3) is 0 Å². The van der Waals surface area contributed by atoms with E-state index < -0.39 is 0 Å². The van der Waals surface area contributed by atoms with Crippen molar-refractivity contribution in [2.45, 2.75) is 39.0 Å². The molecule has 3 N–H and O–H groups in total. The number of hydrogen-bond donors (Lipinski definition) is 2. The summed E-state index contributed by atoms with van der Waals surface area (Å²) in [6.07, 6.45) is 7.77. The minimum absolute atomic E-state index is 0.0178. The van der Waals surface area contributed by atoms with Crippen LogP contribution >= 0.6 is 0 Å². The van der Waals surface area contributed by atoms with Crippen LogP contribution in [0.25, 0.3) is 5.57 Å². The summed E-state index contributed by atoms with van der Waals surface area (Å²) in [5, 5.41) is 7.38. The predicted octanol–water partition coefficient (Wildman–Crippen LogP) is 3.08. The Hall–Kier alpha value is -1.51. The van der Waals surface area contributed by atoms with E-state index in [0.717, 1.165) is 37.9 Å². The fraction of sp³-hybridized carbons (Fsp3) is 0.462. The third kappa shape index (κ3) is 2.03. The van der Waals surface area contributed by atoms with Gasteiger partial charge < -0.3 is 10.2 Å². The maximum atomic E-state index is 7.38. The molecule has 0 fully saturated rings. The Bertz CT molecular complexity index is 429. The zero-order chi connectivity index (χ0) is 11.5. The van der Waals surface area contributed by atoms with E-state index in [9.17, 15) is 0 Å². The molecule has 0 atom stereocenters. The lowest BCUT2D eigenvalue weighted by Gasteiger charge is -2.13. The van der Waals surface area contributed by atoms with E-state index in [-0.39, 0.29) is 5.84 Å². The topological polar surface area (TPSA) is 63.0 Å². The number of nitrogen functional groups attached to an aromatic ring is 1. The van der Waals surface area contributed by atoms with Crippen LogP contribution in [0.3, 0.4) is 0 Å². The Labute approximate surface area is 95.8 Å². The first-order valence-corrected chi connectivity index (χ1v) is 5.89. The van der Waals surface area contributed by atoms with Crippen molar-refractivity contribution in [3.8, 4) is 0 Å². The second kappa shape index (κ2) is 4.56. The number of nitrogens with two attached hydrogens (primary N) is 1. The van der Waals surface area contributed by atoms with Gasteiger partial charge in [-0.25, -0.2) is 0 Å². The first-order chi connectivity index (χ1) is 7.72. The summed E-state index contributed by atoms with van der Waals surface area (Å²) < 4.78 is 5.59. The lowest BCUT2D eigenvalue weighted by molar-refractivity contribution is 0.489. The molecular formula is C13H18N2O. The Morgan fingerprint density at radius 1 is 1.56 bits per heavy atom. The molecule has 3 heteroatoms. The van der Waals surface area contributed by atoms with E-state index in [1.165, 1.54) is 11.1 Å². The highest BCUT2D eigenvalue weighted by atomic mass is 16.3. The van der Waals surface area contributed by atoms with Gasteiger partial charge in [0.05, 0.1) is 0 Å². The van der Waals surface area contributed by atoms with Gasteiger partial charge in [0, 0.05) is 12.0 Å². The minimum Gasteiger partial charge on any atom is -0.457 e. The van der Waals surface area contributed by atoms with E-state index in [0.29, 0.717) is 5.76 Å². The Kier molecular flexibility index (Phi) is 3.13. The Morgan fingerprint density at radius 3 is 3.06 bits per heavy atom. The van der Waals surface area contributed by atoms with Gasteiger partial charge >= 0.3 is 0 Å². The highest BCUT2D eigenvalue weighted by Gasteiger charge is 2.19. The summed E-state index contributed by atoms with van der Waals surface area (Å²) >= 11 is 0. The molecule has 0 amide bonds. The lowest BCUT2D eigenvalue weighted by Crippen LogP contribution is -2.09. The van der Waals surface area contributed by atoms with Crippen molar-refractivity contribution in [2.24, 2.45) is 5.73 Å². The van der Waals surface area contributed by atoms with Gasteiger partial charge in [-0.3, -0.25) is 5.41 Å². The molecule has 1 aliphatic rings. The maximum Gasteiger partial charge on any atom is 0.169 e. The Balaban J connectivity index is 2.34. The predicted molar refractivity (Wildman–Crippen MR) is 65.5 cm³/mol. The summed E-state index contributed by atoms with van der Waals surface area (Å²) in [4.78, 5) is 0. The Morgan fingerprint density at radius 2 is 2.38 bits per heavy atom. The minimum atomic E-state index is 0.0178. The van der Waals surface area contributed by atoms with Gasteiger partial charge in [-0.1, -0.05) is 19.4 Å². The molecular weight excluding hydrogens is 200 g/mol. The van der Waals surface area contributed by atoms with Crippen molar-refractivity contribution >= 4 is 11.4 Å². The number of unbranched alkanes of at least 4 members (excludes halogenated alkanes) is 1. The summed E-state index contributed by atoms with van der Waals surface area (Å²) in [5.74, 6) is 1.53. The van der Waals surface area contributed by atoms with Crippen molar-refractivity contribution in [1.29, 1.82) is 5.41 Å². The van der Waals surface area contributed by atoms with Crippen LogP contribution in [0.1, 0.15) is 49.7 Å². The van der Waals surface area contributed by atoms with Gasteiger partial charge in [-0.2, -0.15) is 0 Å². The van der Waals surface area contributed by atoms with Gasteiger partial charge in [0.15, 0.2) is 11.6 Å². The van der Waals surface area contributed by atoms with Crippen molar-refractivity contribution < 1.29 is 4.42 Å². The summed E-state index contributed by atoms with van der Waals surface area (Å²) in [6, 6.07) is 1.92. The molecule has 0 spiro atoms. The largest absolute Gasteiger partial charge is 0.457 e. The highest BCUT2D eigenvalue weighted by molar-refractivity contribution is 5.93. The van der Waals surface area contributed by atoms with Gasteiger partial charge in [-0.05, 0) is 30.9 Å². The molecule has 2 rings (SSSR count). The first-order valence-electron chi connectivity index (χ1n) is 5.89. The smallest absolute Gasteiger partial charge is 0.169 e. The molecule has 1 aromatic rings. The van der Waals surface area contributed by atoms with Crippen molar-refractivity contribution in [2.75, 3.05) is 0 Å². The molecule has 0 aliphatic heterocycles. The zero-order valence-electron chi connectivity index (χ0n) is 9.68. The molecule has 3 nitrogen and oxygen atoms in total. The highest BCUT2D eigenvalue weighted by Crippen LogP contribution is 2.33. The molecule has 86 valence electrons. The van der Waals surface area contributed by atoms with Crippen molar-refractivity contribution in [3.63, 3.8) is 0 Å². The number of rotatable bonds is 3. The quantitative estimate of drug-likeness (QED) is 0.605. The van der Waals surface area contributed by atoms with Crippen LogP contribution in [-0.4, -0.2) is 5.84 Å². The second-order valence-electron chi connectivity index (χ2n) is 4.23. The number of allylic oxidation sites excluding steroid dienone is 2. The average Bonchev–Trinajstić information content (AvgIpc) is 2.70. The normalized spacial score (nSPS) is 17.4. The molecule has 0 radical (unpaired) electrons. The molecule has 0 bridgehead atoms.